The number of benzene rings is 2. The zero-order valence-electron chi connectivity index (χ0n) is 18.0. The van der Waals surface area contributed by atoms with Gasteiger partial charge in [0.25, 0.3) is 11.4 Å². The van der Waals surface area contributed by atoms with Crippen molar-refractivity contribution in [2.24, 2.45) is 0 Å². The third-order valence-electron chi connectivity index (χ3n) is 5.09. The Labute approximate surface area is 188 Å². The molecule has 0 saturated carbocycles. The van der Waals surface area contributed by atoms with Crippen LogP contribution in [-0.2, 0) is 6.54 Å². The molecular formula is C24H21N5O4. The van der Waals surface area contributed by atoms with E-state index in [2.05, 4.69) is 20.2 Å². The normalized spacial score (nSPS) is 11.4. The van der Waals surface area contributed by atoms with E-state index in [1.807, 2.05) is 56.3 Å². The van der Waals surface area contributed by atoms with Gasteiger partial charge in [-0.3, -0.25) is 4.79 Å². The molecule has 0 atom stereocenters. The average molecular weight is 443 g/mol. The zero-order valence-corrected chi connectivity index (χ0v) is 18.0. The van der Waals surface area contributed by atoms with Crippen LogP contribution in [0.4, 0.5) is 0 Å². The van der Waals surface area contributed by atoms with Crippen molar-refractivity contribution in [1.29, 1.82) is 0 Å². The monoisotopic (exact) mass is 443 g/mol. The molecule has 0 unspecified atom stereocenters. The van der Waals surface area contributed by atoms with Crippen molar-refractivity contribution >= 4 is 11.0 Å². The van der Waals surface area contributed by atoms with Crippen LogP contribution < -0.4 is 10.3 Å². The van der Waals surface area contributed by atoms with E-state index in [0.717, 1.165) is 11.3 Å². The standard InChI is InChI=1S/C24H21N5O4/c1-14(2)32-17-10-8-16(9-11-17)21-26-24(33-28-21)19-20(30)18-12-25-29(22(18)27-23(19)31)13-15-6-4-3-5-7-15/h3-12,14H,13H2,1-2H3,(H2,27,30,31). The van der Waals surface area contributed by atoms with E-state index in [9.17, 15) is 9.90 Å². The Balaban J connectivity index is 1.48. The number of aromatic nitrogens is 5. The van der Waals surface area contributed by atoms with Gasteiger partial charge in [0.05, 0.1) is 24.2 Å². The molecule has 5 rings (SSSR count). The number of ether oxygens (including phenoxy) is 1. The van der Waals surface area contributed by atoms with Crippen molar-refractivity contribution < 1.29 is 14.4 Å². The number of fused-ring (bicyclic) bond motifs is 1. The molecule has 166 valence electrons. The summed E-state index contributed by atoms with van der Waals surface area (Å²) >= 11 is 0. The first-order valence-electron chi connectivity index (χ1n) is 10.5. The van der Waals surface area contributed by atoms with E-state index in [1.54, 1.807) is 16.8 Å². The Morgan fingerprint density at radius 1 is 1.12 bits per heavy atom. The third kappa shape index (κ3) is 3.96. The number of nitrogens with zero attached hydrogens (tertiary/aromatic N) is 4. The van der Waals surface area contributed by atoms with Crippen LogP contribution in [0.2, 0.25) is 0 Å². The second-order valence-electron chi connectivity index (χ2n) is 7.84. The first-order chi connectivity index (χ1) is 16.0. The van der Waals surface area contributed by atoms with E-state index in [0.29, 0.717) is 29.0 Å². The molecule has 3 aromatic heterocycles. The minimum atomic E-state index is -0.550. The molecule has 5 aromatic rings. The largest absolute Gasteiger partial charge is 0.506 e. The molecule has 2 aromatic carbocycles. The Morgan fingerprint density at radius 3 is 2.61 bits per heavy atom. The van der Waals surface area contributed by atoms with Gasteiger partial charge in [0.15, 0.2) is 0 Å². The van der Waals surface area contributed by atoms with Gasteiger partial charge in [-0.2, -0.15) is 10.1 Å². The Hall–Kier alpha value is -4.40. The zero-order chi connectivity index (χ0) is 22.9. The Bertz CT molecular complexity index is 1470. The van der Waals surface area contributed by atoms with Gasteiger partial charge in [-0.25, -0.2) is 4.68 Å². The molecule has 0 spiro atoms. The van der Waals surface area contributed by atoms with Gasteiger partial charge in [0.2, 0.25) is 5.82 Å². The number of aromatic amines is 1. The molecule has 0 amide bonds. The Kier molecular flexibility index (Phi) is 5.14. The van der Waals surface area contributed by atoms with Crippen molar-refractivity contribution in [3.8, 4) is 34.3 Å². The van der Waals surface area contributed by atoms with Crippen molar-refractivity contribution in [2.45, 2.75) is 26.5 Å². The molecule has 3 heterocycles. The van der Waals surface area contributed by atoms with E-state index >= 15 is 0 Å². The molecule has 9 heteroatoms. The maximum Gasteiger partial charge on any atom is 0.267 e. The first kappa shape index (κ1) is 20.5. The summed E-state index contributed by atoms with van der Waals surface area (Å²) in [6.45, 7) is 4.34. The highest BCUT2D eigenvalue weighted by Gasteiger charge is 2.22. The number of rotatable bonds is 6. The fourth-order valence-electron chi connectivity index (χ4n) is 3.57. The molecular weight excluding hydrogens is 422 g/mol. The van der Waals surface area contributed by atoms with Crippen molar-refractivity contribution in [3.05, 3.63) is 76.7 Å². The summed E-state index contributed by atoms with van der Waals surface area (Å²) in [7, 11) is 0. The fourth-order valence-corrected chi connectivity index (χ4v) is 3.57. The quantitative estimate of drug-likeness (QED) is 0.407. The molecule has 0 aliphatic rings. The molecule has 0 aliphatic heterocycles. The summed E-state index contributed by atoms with van der Waals surface area (Å²) in [5.74, 6) is 0.678. The molecule has 0 bridgehead atoms. The molecule has 2 N–H and O–H groups in total. The number of H-pyrrole nitrogens is 1. The van der Waals surface area contributed by atoms with Gasteiger partial charge < -0.3 is 19.4 Å². The molecule has 33 heavy (non-hydrogen) atoms. The van der Waals surface area contributed by atoms with Gasteiger partial charge in [-0.1, -0.05) is 35.5 Å². The average Bonchev–Trinajstić information content (AvgIpc) is 3.43. The smallest absolute Gasteiger partial charge is 0.267 e. The minimum absolute atomic E-state index is 0.0642. The molecule has 0 aliphatic carbocycles. The summed E-state index contributed by atoms with van der Waals surface area (Å²) in [4.78, 5) is 19.9. The third-order valence-corrected chi connectivity index (χ3v) is 5.09. The molecule has 0 saturated heterocycles. The molecule has 9 nitrogen and oxygen atoms in total. The Morgan fingerprint density at radius 2 is 1.88 bits per heavy atom. The summed E-state index contributed by atoms with van der Waals surface area (Å²) < 4.78 is 12.6. The minimum Gasteiger partial charge on any atom is -0.506 e. The predicted molar refractivity (Wildman–Crippen MR) is 122 cm³/mol. The summed E-state index contributed by atoms with van der Waals surface area (Å²) in [5.41, 5.74) is 1.46. The predicted octanol–water partition coefficient (Wildman–Crippen LogP) is 3.98. The fraction of sp³-hybridized carbons (Fsp3) is 0.167. The van der Waals surface area contributed by atoms with Crippen LogP contribution in [0.25, 0.3) is 33.9 Å². The van der Waals surface area contributed by atoms with Gasteiger partial charge >= 0.3 is 0 Å². The van der Waals surface area contributed by atoms with Crippen molar-refractivity contribution in [3.63, 3.8) is 0 Å². The topological polar surface area (TPSA) is 119 Å². The van der Waals surface area contributed by atoms with E-state index in [1.165, 1.54) is 6.20 Å². The molecule has 0 radical (unpaired) electrons. The van der Waals surface area contributed by atoms with Crippen LogP contribution in [0.15, 0.2) is 70.1 Å². The first-order valence-corrected chi connectivity index (χ1v) is 10.5. The maximum absolute atomic E-state index is 12.8. The highest BCUT2D eigenvalue weighted by molar-refractivity contribution is 5.88. The lowest BCUT2D eigenvalue weighted by Gasteiger charge is -2.09. The van der Waals surface area contributed by atoms with Crippen molar-refractivity contribution in [1.82, 2.24) is 24.9 Å². The van der Waals surface area contributed by atoms with Crippen LogP contribution in [0, 0.1) is 0 Å². The van der Waals surface area contributed by atoms with Gasteiger partial charge in [0.1, 0.15) is 22.7 Å². The summed E-state index contributed by atoms with van der Waals surface area (Å²) in [5, 5.41) is 19.5. The lowest BCUT2D eigenvalue weighted by molar-refractivity contribution is 0.242. The van der Waals surface area contributed by atoms with Crippen LogP contribution in [0.5, 0.6) is 11.5 Å². The van der Waals surface area contributed by atoms with E-state index < -0.39 is 5.56 Å². The second-order valence-corrected chi connectivity index (χ2v) is 7.84. The number of aromatic hydroxyl groups is 1. The number of pyridine rings is 1. The summed E-state index contributed by atoms with van der Waals surface area (Å²) in [6, 6.07) is 16.9. The van der Waals surface area contributed by atoms with Gasteiger partial charge in [-0.05, 0) is 43.7 Å². The van der Waals surface area contributed by atoms with E-state index in [-0.39, 0.29) is 23.3 Å². The van der Waals surface area contributed by atoms with Crippen LogP contribution in [0.3, 0.4) is 0 Å². The van der Waals surface area contributed by atoms with Gasteiger partial charge in [0, 0.05) is 5.56 Å². The number of hydrogen-bond acceptors (Lipinski definition) is 7. The van der Waals surface area contributed by atoms with Crippen LogP contribution in [-0.4, -0.2) is 36.1 Å². The van der Waals surface area contributed by atoms with Crippen LogP contribution >= 0.6 is 0 Å². The van der Waals surface area contributed by atoms with Gasteiger partial charge in [-0.15, -0.1) is 0 Å². The summed E-state index contributed by atoms with van der Waals surface area (Å²) in [6.07, 6.45) is 1.56. The lowest BCUT2D eigenvalue weighted by Crippen LogP contribution is -2.12. The lowest BCUT2D eigenvalue weighted by atomic mass is 10.2. The van der Waals surface area contributed by atoms with Crippen LogP contribution in [0.1, 0.15) is 19.4 Å². The number of nitrogens with one attached hydrogen (secondary N) is 1. The number of hydrogen-bond donors (Lipinski definition) is 2. The maximum atomic E-state index is 12.8. The second kappa shape index (κ2) is 8.27. The highest BCUT2D eigenvalue weighted by atomic mass is 16.5. The highest BCUT2D eigenvalue weighted by Crippen LogP contribution is 2.32. The van der Waals surface area contributed by atoms with Crippen molar-refractivity contribution in [2.75, 3.05) is 0 Å². The van der Waals surface area contributed by atoms with E-state index in [4.69, 9.17) is 9.26 Å². The SMILES string of the molecule is CC(C)Oc1ccc(-c2noc(-c3c(O)c4cnn(Cc5ccccc5)c4[nH]c3=O)n2)cc1. The molecule has 0 fully saturated rings.